The van der Waals surface area contributed by atoms with E-state index >= 15 is 0 Å². The van der Waals surface area contributed by atoms with Gasteiger partial charge in [0.05, 0.1) is 18.2 Å². The third-order valence-corrected chi connectivity index (χ3v) is 7.85. The van der Waals surface area contributed by atoms with Crippen LogP contribution in [0.4, 0.5) is 8.78 Å². The smallest absolute Gasteiger partial charge is 0.276 e. The maximum atomic E-state index is 14.8. The van der Waals surface area contributed by atoms with E-state index in [1.54, 1.807) is 4.90 Å². The Morgan fingerprint density at radius 1 is 1.17 bits per heavy atom. The van der Waals surface area contributed by atoms with Crippen molar-refractivity contribution < 1.29 is 33.0 Å². The first kappa shape index (κ1) is 23.1. The minimum Gasteiger partial charge on any atom is -0.503 e. The van der Waals surface area contributed by atoms with Gasteiger partial charge in [-0.1, -0.05) is 6.07 Å². The zero-order valence-electron chi connectivity index (χ0n) is 19.3. The van der Waals surface area contributed by atoms with Gasteiger partial charge in [0.15, 0.2) is 17.7 Å². The summed E-state index contributed by atoms with van der Waals surface area (Å²) in [5.74, 6) is -3.72. The van der Waals surface area contributed by atoms with Crippen LogP contribution in [0.5, 0.6) is 5.75 Å². The number of hydrogen-bond acceptors (Lipinski definition) is 6. The molecule has 3 fully saturated rings. The lowest BCUT2D eigenvalue weighted by atomic mass is 9.82. The summed E-state index contributed by atoms with van der Waals surface area (Å²) in [5.41, 5.74) is -2.71. The molecule has 2 saturated heterocycles. The Balaban J connectivity index is 1.37. The van der Waals surface area contributed by atoms with Gasteiger partial charge in [0.2, 0.25) is 5.43 Å². The maximum absolute atomic E-state index is 14.8. The van der Waals surface area contributed by atoms with Crippen molar-refractivity contribution in [3.05, 3.63) is 63.1 Å². The molecule has 9 nitrogen and oxygen atoms in total. The lowest BCUT2D eigenvalue weighted by Crippen LogP contribution is -2.57. The number of nitrogens with zero attached hydrogens (tertiary/aromatic N) is 2. The molecule has 1 unspecified atom stereocenters. The Bertz CT molecular complexity index is 1320. The summed E-state index contributed by atoms with van der Waals surface area (Å²) in [6.07, 6.45) is 3.51. The average molecular weight is 501 g/mol. The van der Waals surface area contributed by atoms with Gasteiger partial charge >= 0.3 is 0 Å². The van der Waals surface area contributed by atoms with Gasteiger partial charge in [-0.2, -0.15) is 0 Å². The van der Waals surface area contributed by atoms with Crippen LogP contribution in [0.25, 0.3) is 0 Å². The highest BCUT2D eigenvalue weighted by Gasteiger charge is 2.48. The molecule has 2 amide bonds. The molecule has 1 aromatic carbocycles. The summed E-state index contributed by atoms with van der Waals surface area (Å²) in [4.78, 5) is 41.3. The zero-order valence-corrected chi connectivity index (χ0v) is 19.3. The van der Waals surface area contributed by atoms with Crippen LogP contribution in [0.2, 0.25) is 0 Å². The number of fused-ring (bicyclic) bond motifs is 5. The number of halogens is 2. The van der Waals surface area contributed by atoms with Crippen LogP contribution in [0.15, 0.2) is 29.2 Å². The number of rotatable bonds is 3. The van der Waals surface area contributed by atoms with Crippen molar-refractivity contribution >= 4 is 11.8 Å². The number of nitrogens with one attached hydrogen (secondary N) is 1. The Labute approximate surface area is 204 Å². The zero-order chi connectivity index (χ0) is 25.2. The molecular formula is C25H25F2N3O6. The third kappa shape index (κ3) is 3.52. The quantitative estimate of drug-likeness (QED) is 0.666. The van der Waals surface area contributed by atoms with Crippen molar-refractivity contribution in [3.8, 4) is 5.75 Å². The molecule has 11 heteroatoms. The van der Waals surface area contributed by atoms with Crippen molar-refractivity contribution in [2.45, 2.75) is 62.6 Å². The minimum atomic E-state index is -1.24. The fraction of sp³-hybridized carbons (Fsp3) is 0.480. The molecule has 3 atom stereocenters. The predicted molar refractivity (Wildman–Crippen MR) is 120 cm³/mol. The molecule has 1 saturated carbocycles. The molecule has 2 aromatic rings. The molecule has 190 valence electrons. The number of aromatic nitrogens is 1. The van der Waals surface area contributed by atoms with Crippen molar-refractivity contribution in [3.63, 3.8) is 0 Å². The van der Waals surface area contributed by atoms with Crippen LogP contribution in [0.1, 0.15) is 58.5 Å². The van der Waals surface area contributed by atoms with Gasteiger partial charge in [0, 0.05) is 37.1 Å². The van der Waals surface area contributed by atoms with Gasteiger partial charge in [-0.15, -0.1) is 0 Å². The van der Waals surface area contributed by atoms with E-state index in [0.717, 1.165) is 31.4 Å². The second kappa shape index (κ2) is 8.38. The SMILES string of the molecule is O=C(NC1(c2ccc(F)cc2F)CCOCC1)c1cn2c(c(O)c1=O)C(=O)N1C(C2)O[C@H]2CC[C@@H]1C2. The summed E-state index contributed by atoms with van der Waals surface area (Å²) in [6, 6.07) is 3.12. The minimum absolute atomic E-state index is 0.00791. The molecule has 4 heterocycles. The van der Waals surface area contributed by atoms with Crippen LogP contribution in [0, 0.1) is 11.6 Å². The number of aromatic hydroxyl groups is 1. The molecular weight excluding hydrogens is 476 g/mol. The molecule has 3 aliphatic heterocycles. The second-order valence-corrected chi connectivity index (χ2v) is 9.89. The number of hydrogen-bond donors (Lipinski definition) is 2. The molecule has 1 aliphatic carbocycles. The standard InChI is InChI=1S/C25H25F2N3O6/c26-13-1-4-17(18(27)9-13)25(5-7-35-8-6-25)28-23(33)16-11-29-12-19-30(14-2-3-15(10-14)36-19)24(34)20(29)22(32)21(16)31/h1,4,9,11,14-15,19,32H,2-3,5-8,10,12H2,(H,28,33)/t14-,15+,19?/m1/s1. The van der Waals surface area contributed by atoms with E-state index < -0.39 is 46.4 Å². The van der Waals surface area contributed by atoms with Crippen LogP contribution < -0.4 is 10.7 Å². The summed E-state index contributed by atoms with van der Waals surface area (Å²) in [7, 11) is 0. The lowest BCUT2D eigenvalue weighted by Gasteiger charge is -2.44. The first-order chi connectivity index (χ1) is 17.3. The second-order valence-electron chi connectivity index (χ2n) is 9.89. The van der Waals surface area contributed by atoms with Crippen molar-refractivity contribution in [2.75, 3.05) is 13.2 Å². The summed E-state index contributed by atoms with van der Waals surface area (Å²) in [5, 5.41) is 13.5. The van der Waals surface area contributed by atoms with Crippen LogP contribution in [0.3, 0.4) is 0 Å². The number of benzene rings is 1. The van der Waals surface area contributed by atoms with E-state index in [9.17, 15) is 28.3 Å². The first-order valence-electron chi connectivity index (χ1n) is 12.1. The van der Waals surface area contributed by atoms with Gasteiger partial charge in [0.1, 0.15) is 17.2 Å². The molecule has 2 N–H and O–H groups in total. The lowest BCUT2D eigenvalue weighted by molar-refractivity contribution is -0.132. The molecule has 36 heavy (non-hydrogen) atoms. The van der Waals surface area contributed by atoms with Gasteiger partial charge in [-0.3, -0.25) is 14.4 Å². The van der Waals surface area contributed by atoms with E-state index in [-0.39, 0.29) is 61.6 Å². The Hall–Kier alpha value is -3.31. The Morgan fingerprint density at radius 3 is 2.69 bits per heavy atom. The number of ether oxygens (including phenoxy) is 2. The number of carbonyl (C=O) groups excluding carboxylic acids is 2. The number of pyridine rings is 1. The fourth-order valence-electron chi connectivity index (χ4n) is 6.06. The molecule has 0 spiro atoms. The summed E-state index contributed by atoms with van der Waals surface area (Å²) >= 11 is 0. The first-order valence-corrected chi connectivity index (χ1v) is 12.1. The van der Waals surface area contributed by atoms with Crippen molar-refractivity contribution in [2.24, 2.45) is 0 Å². The van der Waals surface area contributed by atoms with Gasteiger partial charge in [0.25, 0.3) is 11.8 Å². The monoisotopic (exact) mass is 501 g/mol. The Morgan fingerprint density at radius 2 is 1.94 bits per heavy atom. The van der Waals surface area contributed by atoms with E-state index in [4.69, 9.17) is 9.47 Å². The normalized spacial score (nSPS) is 26.3. The molecule has 2 bridgehead atoms. The fourth-order valence-corrected chi connectivity index (χ4v) is 6.06. The topological polar surface area (TPSA) is 110 Å². The molecule has 1 aromatic heterocycles. The van der Waals surface area contributed by atoms with E-state index in [2.05, 4.69) is 5.32 Å². The highest BCUT2D eigenvalue weighted by Crippen LogP contribution is 2.39. The summed E-state index contributed by atoms with van der Waals surface area (Å²) in [6.45, 7) is 0.599. The number of amides is 2. The van der Waals surface area contributed by atoms with Gasteiger partial charge in [-0.25, -0.2) is 8.78 Å². The van der Waals surface area contributed by atoms with Gasteiger partial charge < -0.3 is 29.4 Å². The third-order valence-electron chi connectivity index (χ3n) is 7.85. The van der Waals surface area contributed by atoms with E-state index in [0.29, 0.717) is 0 Å². The largest absolute Gasteiger partial charge is 0.503 e. The van der Waals surface area contributed by atoms with Crippen molar-refractivity contribution in [1.29, 1.82) is 0 Å². The van der Waals surface area contributed by atoms with Crippen molar-refractivity contribution in [1.82, 2.24) is 14.8 Å². The van der Waals surface area contributed by atoms with Crippen LogP contribution in [-0.4, -0.2) is 58.0 Å². The summed E-state index contributed by atoms with van der Waals surface area (Å²) < 4.78 is 41.1. The molecule has 4 aliphatic rings. The predicted octanol–water partition coefficient (Wildman–Crippen LogP) is 2.00. The molecule has 6 rings (SSSR count). The van der Waals surface area contributed by atoms with Crippen LogP contribution >= 0.6 is 0 Å². The van der Waals surface area contributed by atoms with Gasteiger partial charge in [-0.05, 0) is 38.2 Å². The van der Waals surface area contributed by atoms with E-state index in [1.165, 1.54) is 16.8 Å². The highest BCUT2D eigenvalue weighted by molar-refractivity contribution is 5.99. The van der Waals surface area contributed by atoms with Crippen LogP contribution in [-0.2, 0) is 21.6 Å². The maximum Gasteiger partial charge on any atom is 0.276 e. The molecule has 0 radical (unpaired) electrons. The highest BCUT2D eigenvalue weighted by atomic mass is 19.1. The number of carbonyl (C=O) groups is 2. The average Bonchev–Trinajstić information content (AvgIpc) is 3.22. The Kier molecular flexibility index (Phi) is 5.38. The van der Waals surface area contributed by atoms with E-state index in [1.807, 2.05) is 0 Å².